The largest absolute Gasteiger partial charge is 0.481 e. The first-order valence-electron chi connectivity index (χ1n) is 5.88. The molecule has 0 saturated carbocycles. The lowest BCUT2D eigenvalue weighted by Gasteiger charge is -2.16. The molecule has 0 bridgehead atoms. The Labute approximate surface area is 115 Å². The van der Waals surface area contributed by atoms with Crippen molar-refractivity contribution in [2.45, 2.75) is 10.9 Å². The van der Waals surface area contributed by atoms with Crippen molar-refractivity contribution in [1.29, 1.82) is 0 Å². The molecule has 2 unspecified atom stereocenters. The van der Waals surface area contributed by atoms with Gasteiger partial charge in [-0.3, -0.25) is 9.59 Å². The zero-order valence-electron chi connectivity index (χ0n) is 10.5. The van der Waals surface area contributed by atoms with E-state index in [-0.39, 0.29) is 19.1 Å². The van der Waals surface area contributed by atoms with Gasteiger partial charge in [-0.1, -0.05) is 12.1 Å². The Morgan fingerprint density at radius 3 is 2.79 bits per heavy atom. The molecule has 0 radical (unpaired) electrons. The van der Waals surface area contributed by atoms with Gasteiger partial charge < -0.3 is 15.2 Å². The van der Waals surface area contributed by atoms with Gasteiger partial charge in [0.1, 0.15) is 5.92 Å². The van der Waals surface area contributed by atoms with Crippen molar-refractivity contribution < 1.29 is 19.4 Å². The van der Waals surface area contributed by atoms with Gasteiger partial charge in [-0.2, -0.15) is 0 Å². The average molecular weight is 281 g/mol. The highest BCUT2D eigenvalue weighted by molar-refractivity contribution is 7.98. The minimum absolute atomic E-state index is 0.143. The van der Waals surface area contributed by atoms with E-state index < -0.39 is 17.9 Å². The van der Waals surface area contributed by atoms with Crippen LogP contribution < -0.4 is 5.32 Å². The first-order valence-corrected chi connectivity index (χ1v) is 7.10. The van der Waals surface area contributed by atoms with Crippen molar-refractivity contribution in [3.8, 4) is 0 Å². The van der Waals surface area contributed by atoms with Gasteiger partial charge in [0.05, 0.1) is 24.8 Å². The fourth-order valence-corrected chi connectivity index (χ4v) is 2.61. The van der Waals surface area contributed by atoms with Gasteiger partial charge in [0.25, 0.3) is 5.91 Å². The number of carbonyl (C=O) groups excluding carboxylic acids is 1. The molecule has 1 aromatic rings. The Morgan fingerprint density at radius 1 is 1.37 bits per heavy atom. The fraction of sp³-hybridized carbons (Fsp3) is 0.385. The van der Waals surface area contributed by atoms with E-state index in [0.717, 1.165) is 4.90 Å². The van der Waals surface area contributed by atoms with Gasteiger partial charge in [0.15, 0.2) is 0 Å². The molecule has 5 nitrogen and oxygen atoms in total. The Hall–Kier alpha value is -1.53. The topological polar surface area (TPSA) is 75.6 Å². The van der Waals surface area contributed by atoms with Gasteiger partial charge in [0.2, 0.25) is 0 Å². The molecule has 2 N–H and O–H groups in total. The fourth-order valence-electron chi connectivity index (χ4n) is 2.02. The third-order valence-corrected chi connectivity index (χ3v) is 3.86. The van der Waals surface area contributed by atoms with Crippen LogP contribution in [-0.4, -0.2) is 42.5 Å². The average Bonchev–Trinajstić information content (AvgIpc) is 2.87. The Balaban J connectivity index is 2.10. The SMILES string of the molecule is CSc1ccccc1C(=O)NC1COCC1C(=O)O. The number of thioether (sulfide) groups is 1. The maximum Gasteiger partial charge on any atom is 0.311 e. The van der Waals surface area contributed by atoms with Crippen LogP contribution in [0.1, 0.15) is 10.4 Å². The second kappa shape index (κ2) is 6.08. The quantitative estimate of drug-likeness (QED) is 0.812. The van der Waals surface area contributed by atoms with Crippen LogP contribution in [0, 0.1) is 5.92 Å². The molecule has 0 aliphatic carbocycles. The highest BCUT2D eigenvalue weighted by atomic mass is 32.2. The van der Waals surface area contributed by atoms with Crippen LogP contribution in [0.15, 0.2) is 29.2 Å². The first kappa shape index (κ1) is 13.9. The monoisotopic (exact) mass is 281 g/mol. The van der Waals surface area contributed by atoms with Crippen molar-refractivity contribution in [3.05, 3.63) is 29.8 Å². The molecule has 6 heteroatoms. The molecule has 1 aromatic carbocycles. The molecule has 2 rings (SSSR count). The van der Waals surface area contributed by atoms with Crippen LogP contribution in [0.5, 0.6) is 0 Å². The molecule has 0 spiro atoms. The van der Waals surface area contributed by atoms with Crippen LogP contribution in [0.4, 0.5) is 0 Å². The third kappa shape index (κ3) is 3.08. The summed E-state index contributed by atoms with van der Waals surface area (Å²) in [5.74, 6) is -1.88. The zero-order chi connectivity index (χ0) is 13.8. The molecule has 0 aromatic heterocycles. The summed E-state index contributed by atoms with van der Waals surface area (Å²) in [5, 5.41) is 11.8. The standard InChI is InChI=1S/C13H15NO4S/c1-19-11-5-3-2-4-8(11)12(15)14-10-7-18-6-9(10)13(16)17/h2-5,9-10H,6-7H2,1H3,(H,14,15)(H,16,17). The summed E-state index contributed by atoms with van der Waals surface area (Å²) in [5.41, 5.74) is 0.561. The number of benzene rings is 1. The van der Waals surface area contributed by atoms with Crippen molar-refractivity contribution in [3.63, 3.8) is 0 Å². The summed E-state index contributed by atoms with van der Waals surface area (Å²) >= 11 is 1.48. The number of nitrogens with one attached hydrogen (secondary N) is 1. The highest BCUT2D eigenvalue weighted by Gasteiger charge is 2.35. The van der Waals surface area contributed by atoms with E-state index in [2.05, 4.69) is 5.32 Å². The molecule has 102 valence electrons. The number of hydrogen-bond acceptors (Lipinski definition) is 4. The van der Waals surface area contributed by atoms with Crippen LogP contribution in [-0.2, 0) is 9.53 Å². The molecule has 1 heterocycles. The van der Waals surface area contributed by atoms with Gasteiger partial charge in [0, 0.05) is 4.90 Å². The molecule has 19 heavy (non-hydrogen) atoms. The lowest BCUT2D eigenvalue weighted by Crippen LogP contribution is -2.42. The van der Waals surface area contributed by atoms with E-state index in [1.165, 1.54) is 11.8 Å². The summed E-state index contributed by atoms with van der Waals surface area (Å²) in [4.78, 5) is 24.1. The number of aliphatic carboxylic acids is 1. The molecule has 1 aliphatic rings. The Bertz CT molecular complexity index is 491. The Kier molecular flexibility index (Phi) is 4.44. The summed E-state index contributed by atoms with van der Waals surface area (Å²) in [6.45, 7) is 0.384. The van der Waals surface area contributed by atoms with Crippen LogP contribution in [0.2, 0.25) is 0 Å². The van der Waals surface area contributed by atoms with E-state index in [4.69, 9.17) is 9.84 Å². The van der Waals surface area contributed by atoms with Crippen molar-refractivity contribution in [2.24, 2.45) is 5.92 Å². The summed E-state index contributed by atoms with van der Waals surface area (Å²) in [7, 11) is 0. The predicted octanol–water partition coefficient (Wildman–Crippen LogP) is 1.24. The maximum absolute atomic E-state index is 12.2. The van der Waals surface area contributed by atoms with Crippen LogP contribution in [0.3, 0.4) is 0 Å². The van der Waals surface area contributed by atoms with Crippen LogP contribution >= 0.6 is 11.8 Å². The number of rotatable bonds is 4. The molecule has 2 atom stereocenters. The number of carboxylic acid groups (broad SMARTS) is 1. The first-order chi connectivity index (χ1) is 9.13. The van der Waals surface area contributed by atoms with Crippen molar-refractivity contribution in [1.82, 2.24) is 5.32 Å². The molecular weight excluding hydrogens is 266 g/mol. The smallest absolute Gasteiger partial charge is 0.311 e. The molecule has 1 fully saturated rings. The minimum Gasteiger partial charge on any atom is -0.481 e. The normalized spacial score (nSPS) is 22.2. The summed E-state index contributed by atoms with van der Waals surface area (Å²) in [6.07, 6.45) is 1.89. The second-order valence-corrected chi connectivity index (χ2v) is 5.11. The number of ether oxygens (including phenoxy) is 1. The number of carbonyl (C=O) groups is 2. The molecular formula is C13H15NO4S. The summed E-state index contributed by atoms with van der Waals surface area (Å²) in [6, 6.07) is 6.77. The molecule has 1 amide bonds. The number of carboxylic acids is 1. The molecule has 1 aliphatic heterocycles. The van der Waals surface area contributed by atoms with Crippen molar-refractivity contribution >= 4 is 23.6 Å². The third-order valence-electron chi connectivity index (χ3n) is 3.07. The maximum atomic E-state index is 12.2. The highest BCUT2D eigenvalue weighted by Crippen LogP contribution is 2.21. The number of amides is 1. The van der Waals surface area contributed by atoms with Crippen molar-refractivity contribution in [2.75, 3.05) is 19.5 Å². The van der Waals surface area contributed by atoms with Gasteiger partial charge >= 0.3 is 5.97 Å². The van der Waals surface area contributed by atoms with E-state index in [0.29, 0.717) is 5.56 Å². The Morgan fingerprint density at radius 2 is 2.11 bits per heavy atom. The molecule has 1 saturated heterocycles. The summed E-state index contributed by atoms with van der Waals surface area (Å²) < 4.78 is 5.12. The second-order valence-electron chi connectivity index (χ2n) is 4.26. The zero-order valence-corrected chi connectivity index (χ0v) is 11.3. The van der Waals surface area contributed by atoms with E-state index in [9.17, 15) is 9.59 Å². The number of hydrogen-bond donors (Lipinski definition) is 2. The van der Waals surface area contributed by atoms with Gasteiger partial charge in [-0.05, 0) is 18.4 Å². The van der Waals surface area contributed by atoms with Gasteiger partial charge in [-0.25, -0.2) is 0 Å². The van der Waals surface area contributed by atoms with Crippen LogP contribution in [0.25, 0.3) is 0 Å². The van der Waals surface area contributed by atoms with E-state index in [1.807, 2.05) is 18.4 Å². The lowest BCUT2D eigenvalue weighted by molar-refractivity contribution is -0.142. The van der Waals surface area contributed by atoms with E-state index >= 15 is 0 Å². The minimum atomic E-state index is -0.944. The van der Waals surface area contributed by atoms with E-state index in [1.54, 1.807) is 12.1 Å². The van der Waals surface area contributed by atoms with Gasteiger partial charge in [-0.15, -0.1) is 11.8 Å². The lowest BCUT2D eigenvalue weighted by atomic mass is 10.0. The predicted molar refractivity (Wildman–Crippen MR) is 71.4 cm³/mol.